The molecule has 354 valence electrons. The third-order valence-corrected chi connectivity index (χ3v) is 9.09. The lowest BCUT2D eigenvalue weighted by molar-refractivity contribution is 0.130. The van der Waals surface area contributed by atoms with E-state index in [-0.39, 0.29) is 27.6 Å². The van der Waals surface area contributed by atoms with E-state index in [1.54, 1.807) is 21.3 Å². The zero-order valence-corrected chi connectivity index (χ0v) is 44.3. The van der Waals surface area contributed by atoms with Gasteiger partial charge in [-0.15, -0.1) is 0 Å². The van der Waals surface area contributed by atoms with Crippen LogP contribution >= 0.6 is 23.2 Å². The van der Waals surface area contributed by atoms with E-state index in [1.807, 2.05) is 133 Å². The van der Waals surface area contributed by atoms with Crippen molar-refractivity contribution in [1.29, 1.82) is 0 Å². The average Bonchev–Trinajstić information content (AvgIpc) is 3.17. The molecule has 6 nitrogen and oxygen atoms in total. The van der Waals surface area contributed by atoms with E-state index in [2.05, 4.69) is 100 Å². The Balaban J connectivity index is 0.000000401. The molecule has 8 heteroatoms. The first-order chi connectivity index (χ1) is 29.3. The van der Waals surface area contributed by atoms with E-state index >= 15 is 0 Å². The van der Waals surface area contributed by atoms with Gasteiger partial charge in [0, 0.05) is 15.6 Å². The molecule has 0 N–H and O–H groups in total. The lowest BCUT2D eigenvalue weighted by Crippen LogP contribution is -2.22. The van der Waals surface area contributed by atoms with Crippen LogP contribution in [-0.2, 0) is 10.8 Å². The maximum Gasteiger partial charge on any atom is 0.122 e. The number of rotatable bonds is 7. The Labute approximate surface area is 398 Å². The minimum Gasteiger partial charge on any atom is -0.497 e. The fraction of sp³-hybridized carbons (Fsp3) is 0.464. The van der Waals surface area contributed by atoms with Gasteiger partial charge in [-0.25, -0.2) is 0 Å². The largest absolute Gasteiger partial charge is 0.497 e. The standard InChI is InChI=1S/C13H20O.C12H18O2.C11H16O.2C10H13ClO/c1-10(2)11-6-8-12(9-7-11)14-13(3,4)5;1-12(2,3)10-8-9(13-4)6-7-11(10)14-5;1-11(2,3)9-5-7-10(12-4)8-6-9;1-10(2,3)12-9-6-4-8(11)5-7-9;1-10(2,3)12-9-6-4-5-8(11)7-9/h6-10H,1-5H3;6-8H,1-5H3;5-8H,1-4H3;2*4-7H,1-3H3. The molecule has 0 saturated heterocycles. The minimum absolute atomic E-state index is 0.0693. The number of hydrogen-bond donors (Lipinski definition) is 0. The van der Waals surface area contributed by atoms with Crippen molar-refractivity contribution in [3.63, 3.8) is 0 Å². The summed E-state index contributed by atoms with van der Waals surface area (Å²) in [4.78, 5) is 0. The first-order valence-electron chi connectivity index (χ1n) is 21.9. The molecule has 5 aromatic carbocycles. The first kappa shape index (κ1) is 57.5. The van der Waals surface area contributed by atoms with Crippen LogP contribution < -0.4 is 28.4 Å². The number of benzene rings is 5. The van der Waals surface area contributed by atoms with E-state index in [0.717, 1.165) is 39.5 Å². The molecule has 0 aliphatic carbocycles. The fourth-order valence-corrected chi connectivity index (χ4v) is 5.81. The van der Waals surface area contributed by atoms with Gasteiger partial charge in [-0.1, -0.05) is 109 Å². The molecule has 0 heterocycles. The first-order valence-corrected chi connectivity index (χ1v) is 22.7. The van der Waals surface area contributed by atoms with Gasteiger partial charge in [-0.05, 0) is 175 Å². The Morgan fingerprint density at radius 2 is 0.812 bits per heavy atom. The van der Waals surface area contributed by atoms with Gasteiger partial charge in [0.05, 0.1) is 21.3 Å². The second-order valence-electron chi connectivity index (χ2n) is 20.6. The van der Waals surface area contributed by atoms with E-state index in [9.17, 15) is 0 Å². The maximum absolute atomic E-state index is 5.79. The summed E-state index contributed by atoms with van der Waals surface area (Å²) >= 11 is 11.5. The van der Waals surface area contributed by atoms with E-state index in [0.29, 0.717) is 10.9 Å². The number of ether oxygens (including phenoxy) is 6. The van der Waals surface area contributed by atoms with Crippen molar-refractivity contribution in [3.8, 4) is 34.5 Å². The molecule has 0 aromatic heterocycles. The third-order valence-electron chi connectivity index (χ3n) is 8.60. The van der Waals surface area contributed by atoms with Crippen LogP contribution in [0, 0.1) is 0 Å². The topological polar surface area (TPSA) is 55.4 Å². The quantitative estimate of drug-likeness (QED) is 0.162. The molecule has 5 rings (SSSR count). The predicted molar refractivity (Wildman–Crippen MR) is 275 cm³/mol. The van der Waals surface area contributed by atoms with Crippen molar-refractivity contribution in [1.82, 2.24) is 0 Å². The molecule has 64 heavy (non-hydrogen) atoms. The molecule has 0 unspecified atom stereocenters. The Kier molecular flexibility index (Phi) is 23.2. The van der Waals surface area contributed by atoms with Gasteiger partial charge in [-0.3, -0.25) is 0 Å². The molecular formula is C56H80Cl2O6. The number of hydrogen-bond acceptors (Lipinski definition) is 6. The summed E-state index contributed by atoms with van der Waals surface area (Å²) in [5.74, 6) is 5.90. The van der Waals surface area contributed by atoms with Crippen LogP contribution in [-0.4, -0.2) is 38.1 Å². The van der Waals surface area contributed by atoms with Gasteiger partial charge in [0.25, 0.3) is 0 Å². The van der Waals surface area contributed by atoms with Gasteiger partial charge < -0.3 is 28.4 Å². The molecule has 0 aliphatic rings. The lowest BCUT2D eigenvalue weighted by Gasteiger charge is -2.22. The van der Waals surface area contributed by atoms with Crippen molar-refractivity contribution >= 4 is 23.2 Å². The number of methoxy groups -OCH3 is 3. The predicted octanol–water partition coefficient (Wildman–Crippen LogP) is 17.0. The van der Waals surface area contributed by atoms with Crippen LogP contribution in [0.1, 0.15) is 140 Å². The monoisotopic (exact) mass is 919 g/mol. The SMILES string of the molecule is CC(C)(C)Oc1ccc(Cl)cc1.CC(C)(C)Oc1cccc(Cl)c1.CC(C)c1ccc(OC(C)(C)C)cc1.COc1ccc(C(C)(C)C)cc1.COc1ccc(OC)c(C(C)(C)C)c1. The van der Waals surface area contributed by atoms with E-state index in [4.69, 9.17) is 51.6 Å². The highest BCUT2D eigenvalue weighted by atomic mass is 35.5. The molecule has 0 aliphatic heterocycles. The summed E-state index contributed by atoms with van der Waals surface area (Å²) in [6, 6.07) is 37.3. The van der Waals surface area contributed by atoms with Crippen LogP contribution in [0.3, 0.4) is 0 Å². The summed E-state index contributed by atoms with van der Waals surface area (Å²) < 4.78 is 32.5. The minimum atomic E-state index is -0.162. The molecule has 0 saturated carbocycles. The molecular weight excluding hydrogens is 840 g/mol. The van der Waals surface area contributed by atoms with Crippen molar-refractivity contribution < 1.29 is 28.4 Å². The molecule has 0 bridgehead atoms. The van der Waals surface area contributed by atoms with Crippen molar-refractivity contribution in [3.05, 3.63) is 142 Å². The zero-order chi connectivity index (χ0) is 49.1. The zero-order valence-electron chi connectivity index (χ0n) is 42.8. The van der Waals surface area contributed by atoms with E-state index < -0.39 is 0 Å². The summed E-state index contributed by atoms with van der Waals surface area (Å²) in [5, 5.41) is 1.44. The molecule has 0 spiro atoms. The smallest absolute Gasteiger partial charge is 0.122 e. The van der Waals surface area contributed by atoms with Gasteiger partial charge in [-0.2, -0.15) is 0 Å². The Morgan fingerprint density at radius 1 is 0.391 bits per heavy atom. The number of halogens is 2. The van der Waals surface area contributed by atoms with Gasteiger partial charge in [0.1, 0.15) is 51.3 Å². The Morgan fingerprint density at radius 3 is 1.19 bits per heavy atom. The normalized spacial score (nSPS) is 11.4. The van der Waals surface area contributed by atoms with Crippen LogP contribution in [0.25, 0.3) is 0 Å². The summed E-state index contributed by atoms with van der Waals surface area (Å²) in [7, 11) is 5.05. The highest BCUT2D eigenvalue weighted by Crippen LogP contribution is 2.34. The molecule has 0 atom stereocenters. The van der Waals surface area contributed by atoms with Crippen LogP contribution in [0.15, 0.2) is 115 Å². The van der Waals surface area contributed by atoms with Gasteiger partial charge in [0.15, 0.2) is 0 Å². The van der Waals surface area contributed by atoms with Gasteiger partial charge in [0.2, 0.25) is 0 Å². The second-order valence-corrected chi connectivity index (χ2v) is 21.4. The van der Waals surface area contributed by atoms with E-state index in [1.165, 1.54) is 16.7 Å². The highest BCUT2D eigenvalue weighted by molar-refractivity contribution is 6.30. The third kappa shape index (κ3) is 25.1. The fourth-order valence-electron chi connectivity index (χ4n) is 5.51. The second kappa shape index (κ2) is 25.8. The van der Waals surface area contributed by atoms with Crippen molar-refractivity contribution in [2.45, 2.75) is 151 Å². The Bertz CT molecular complexity index is 2040. The Hall–Kier alpha value is -4.52. The maximum atomic E-state index is 5.79. The van der Waals surface area contributed by atoms with Crippen LogP contribution in [0.4, 0.5) is 0 Å². The van der Waals surface area contributed by atoms with Gasteiger partial charge >= 0.3 is 0 Å². The summed E-state index contributed by atoms with van der Waals surface area (Å²) in [5.41, 5.74) is 3.73. The molecule has 5 aromatic rings. The molecule has 0 amide bonds. The summed E-state index contributed by atoms with van der Waals surface area (Å²) in [6.45, 7) is 35.7. The van der Waals surface area contributed by atoms with Crippen LogP contribution in [0.2, 0.25) is 10.0 Å². The molecule has 0 fully saturated rings. The summed E-state index contributed by atoms with van der Waals surface area (Å²) in [6.07, 6.45) is 0. The average molecular weight is 920 g/mol. The van der Waals surface area contributed by atoms with Crippen LogP contribution in [0.5, 0.6) is 34.5 Å². The van der Waals surface area contributed by atoms with Crippen molar-refractivity contribution in [2.75, 3.05) is 21.3 Å². The van der Waals surface area contributed by atoms with Crippen molar-refractivity contribution in [2.24, 2.45) is 0 Å². The lowest BCUT2D eigenvalue weighted by atomic mass is 9.86. The highest BCUT2D eigenvalue weighted by Gasteiger charge is 2.19. The molecule has 0 radical (unpaired) electrons.